The number of likely N-dealkylation sites (N-methyl/N-ethyl adjacent to an activating group) is 1. The topological polar surface area (TPSA) is 75.8 Å². The Balaban J connectivity index is 2.14. The molecule has 1 N–H and O–H groups in total. The molecule has 1 fully saturated rings. The van der Waals surface area contributed by atoms with Gasteiger partial charge in [-0.25, -0.2) is 0 Å². The van der Waals surface area contributed by atoms with Gasteiger partial charge in [0.1, 0.15) is 5.76 Å². The molecule has 0 amide bonds. The number of aromatic nitrogens is 1. The van der Waals surface area contributed by atoms with Crippen LogP contribution in [0.3, 0.4) is 0 Å². The van der Waals surface area contributed by atoms with E-state index in [2.05, 4.69) is 10.1 Å². The second-order valence-corrected chi connectivity index (χ2v) is 4.92. The Morgan fingerprint density at radius 1 is 1.47 bits per heavy atom. The zero-order valence-corrected chi connectivity index (χ0v) is 11.5. The maximum absolute atomic E-state index is 11.2. The fraction of sp³-hybridized carbons (Fsp3) is 0.692. The summed E-state index contributed by atoms with van der Waals surface area (Å²) >= 11 is 0. The highest BCUT2D eigenvalue weighted by molar-refractivity contribution is 5.71. The van der Waals surface area contributed by atoms with Crippen molar-refractivity contribution in [2.75, 3.05) is 19.8 Å². The molecule has 19 heavy (non-hydrogen) atoms. The predicted octanol–water partition coefficient (Wildman–Crippen LogP) is 1.21. The van der Waals surface area contributed by atoms with E-state index in [1.165, 1.54) is 0 Å². The summed E-state index contributed by atoms with van der Waals surface area (Å²) in [5.41, 5.74) is 1.90. The zero-order valence-electron chi connectivity index (χ0n) is 11.5. The second-order valence-electron chi connectivity index (χ2n) is 4.92. The molecule has 1 aliphatic heterocycles. The van der Waals surface area contributed by atoms with E-state index in [4.69, 9.17) is 9.26 Å². The van der Waals surface area contributed by atoms with Crippen molar-refractivity contribution in [3.8, 4) is 0 Å². The van der Waals surface area contributed by atoms with Gasteiger partial charge in [-0.2, -0.15) is 0 Å². The molecule has 0 aliphatic carbocycles. The highest BCUT2D eigenvalue weighted by Gasteiger charge is 2.37. The third-order valence-corrected chi connectivity index (χ3v) is 3.79. The van der Waals surface area contributed by atoms with Crippen LogP contribution in [-0.4, -0.2) is 46.9 Å². The lowest BCUT2D eigenvalue weighted by atomic mass is 10.0. The molecule has 1 aliphatic rings. The van der Waals surface area contributed by atoms with Gasteiger partial charge in [-0.05, 0) is 20.4 Å². The van der Waals surface area contributed by atoms with Gasteiger partial charge < -0.3 is 14.4 Å². The molecule has 0 saturated carbocycles. The molecule has 2 unspecified atom stereocenters. The van der Waals surface area contributed by atoms with Gasteiger partial charge in [-0.3, -0.25) is 9.69 Å². The number of hydrogen-bond acceptors (Lipinski definition) is 5. The van der Waals surface area contributed by atoms with E-state index in [0.717, 1.165) is 23.6 Å². The third kappa shape index (κ3) is 2.79. The van der Waals surface area contributed by atoms with Gasteiger partial charge in [0.2, 0.25) is 0 Å². The standard InChI is InChI=1S/C13H20N2O4/c1-4-15(5-10-8(2)14-19-9(10)3)12-7-18-6-11(12)13(16)17/h11-12H,4-7H2,1-3H3,(H,16,17). The molecule has 0 spiro atoms. The summed E-state index contributed by atoms with van der Waals surface area (Å²) in [7, 11) is 0. The van der Waals surface area contributed by atoms with Crippen LogP contribution in [0.15, 0.2) is 4.52 Å². The van der Waals surface area contributed by atoms with E-state index >= 15 is 0 Å². The summed E-state index contributed by atoms with van der Waals surface area (Å²) in [4.78, 5) is 13.4. The summed E-state index contributed by atoms with van der Waals surface area (Å²) in [5, 5.41) is 13.2. The maximum Gasteiger partial charge on any atom is 0.310 e. The fourth-order valence-electron chi connectivity index (χ4n) is 2.53. The molecule has 0 radical (unpaired) electrons. The highest BCUT2D eigenvalue weighted by Crippen LogP contribution is 2.23. The van der Waals surface area contributed by atoms with Crippen LogP contribution < -0.4 is 0 Å². The average molecular weight is 268 g/mol. The van der Waals surface area contributed by atoms with E-state index < -0.39 is 11.9 Å². The van der Waals surface area contributed by atoms with Crippen molar-refractivity contribution in [2.24, 2.45) is 5.92 Å². The van der Waals surface area contributed by atoms with Crippen LogP contribution in [0.1, 0.15) is 23.9 Å². The minimum Gasteiger partial charge on any atom is -0.481 e. The SMILES string of the molecule is CCN(Cc1c(C)noc1C)C1COCC1C(=O)O. The first-order valence-electron chi connectivity index (χ1n) is 6.51. The molecular weight excluding hydrogens is 248 g/mol. The van der Waals surface area contributed by atoms with Crippen molar-refractivity contribution in [3.05, 3.63) is 17.0 Å². The first kappa shape index (κ1) is 14.0. The first-order chi connectivity index (χ1) is 9.04. The van der Waals surface area contributed by atoms with Crippen LogP contribution in [-0.2, 0) is 16.1 Å². The number of rotatable bonds is 5. The van der Waals surface area contributed by atoms with Crippen LogP contribution in [0.25, 0.3) is 0 Å². The minimum atomic E-state index is -0.792. The lowest BCUT2D eigenvalue weighted by Gasteiger charge is -2.28. The molecular formula is C13H20N2O4. The van der Waals surface area contributed by atoms with Gasteiger partial charge in [0, 0.05) is 18.2 Å². The van der Waals surface area contributed by atoms with Crippen molar-refractivity contribution in [1.82, 2.24) is 10.1 Å². The Labute approximate surface area is 112 Å². The van der Waals surface area contributed by atoms with Crippen molar-refractivity contribution >= 4 is 5.97 Å². The Morgan fingerprint density at radius 2 is 2.21 bits per heavy atom. The molecule has 2 atom stereocenters. The largest absolute Gasteiger partial charge is 0.481 e. The van der Waals surface area contributed by atoms with Gasteiger partial charge in [0.25, 0.3) is 0 Å². The van der Waals surface area contributed by atoms with E-state index in [1.54, 1.807) is 0 Å². The van der Waals surface area contributed by atoms with Gasteiger partial charge in [-0.1, -0.05) is 12.1 Å². The lowest BCUT2D eigenvalue weighted by Crippen LogP contribution is -2.42. The maximum atomic E-state index is 11.2. The molecule has 0 bridgehead atoms. The number of aliphatic carboxylic acids is 1. The Kier molecular flexibility index (Phi) is 4.21. The first-order valence-corrected chi connectivity index (χ1v) is 6.51. The van der Waals surface area contributed by atoms with Gasteiger partial charge in [0.15, 0.2) is 0 Å². The summed E-state index contributed by atoms with van der Waals surface area (Å²) in [6.07, 6.45) is 0. The average Bonchev–Trinajstić information content (AvgIpc) is 2.96. The van der Waals surface area contributed by atoms with E-state index in [9.17, 15) is 9.90 Å². The van der Waals surface area contributed by atoms with Crippen molar-refractivity contribution in [3.63, 3.8) is 0 Å². The number of nitrogens with zero attached hydrogens (tertiary/aromatic N) is 2. The number of carboxylic acids is 1. The Morgan fingerprint density at radius 3 is 2.74 bits per heavy atom. The van der Waals surface area contributed by atoms with E-state index in [-0.39, 0.29) is 12.6 Å². The van der Waals surface area contributed by atoms with Gasteiger partial charge in [-0.15, -0.1) is 0 Å². The van der Waals surface area contributed by atoms with Crippen LogP contribution >= 0.6 is 0 Å². The summed E-state index contributed by atoms with van der Waals surface area (Å²) < 4.78 is 10.5. The van der Waals surface area contributed by atoms with Crippen LogP contribution in [0.4, 0.5) is 0 Å². The monoisotopic (exact) mass is 268 g/mol. The third-order valence-electron chi connectivity index (χ3n) is 3.79. The molecule has 2 heterocycles. The number of hydrogen-bond donors (Lipinski definition) is 1. The van der Waals surface area contributed by atoms with Crippen LogP contribution in [0, 0.1) is 19.8 Å². The van der Waals surface area contributed by atoms with Crippen molar-refractivity contribution in [2.45, 2.75) is 33.4 Å². The summed E-state index contributed by atoms with van der Waals surface area (Å²) in [5.74, 6) is -0.457. The van der Waals surface area contributed by atoms with E-state index in [0.29, 0.717) is 13.2 Å². The normalized spacial score (nSPS) is 23.2. The summed E-state index contributed by atoms with van der Waals surface area (Å²) in [6, 6.07) is -0.0869. The van der Waals surface area contributed by atoms with E-state index in [1.807, 2.05) is 20.8 Å². The second kappa shape index (κ2) is 5.71. The number of carbonyl (C=O) groups is 1. The van der Waals surface area contributed by atoms with Gasteiger partial charge >= 0.3 is 5.97 Å². The molecule has 106 valence electrons. The molecule has 2 rings (SSSR count). The summed E-state index contributed by atoms with van der Waals surface area (Å²) in [6.45, 7) is 7.97. The molecule has 1 aromatic heterocycles. The number of carboxylic acid groups (broad SMARTS) is 1. The number of ether oxygens (including phenoxy) is 1. The van der Waals surface area contributed by atoms with Crippen molar-refractivity contribution < 1.29 is 19.2 Å². The molecule has 0 aromatic carbocycles. The lowest BCUT2D eigenvalue weighted by molar-refractivity contribution is -0.143. The predicted molar refractivity (Wildman–Crippen MR) is 67.8 cm³/mol. The Hall–Kier alpha value is -1.40. The van der Waals surface area contributed by atoms with Gasteiger partial charge in [0.05, 0.1) is 24.8 Å². The molecule has 6 nitrogen and oxygen atoms in total. The molecule has 6 heteroatoms. The fourth-order valence-corrected chi connectivity index (χ4v) is 2.53. The zero-order chi connectivity index (χ0) is 14.0. The van der Waals surface area contributed by atoms with Crippen molar-refractivity contribution in [1.29, 1.82) is 0 Å². The Bertz CT molecular complexity index is 438. The molecule has 1 aromatic rings. The van der Waals surface area contributed by atoms with Crippen LogP contribution in [0.2, 0.25) is 0 Å². The smallest absolute Gasteiger partial charge is 0.310 e. The highest BCUT2D eigenvalue weighted by atomic mass is 16.5. The minimum absolute atomic E-state index is 0.0869. The quantitative estimate of drug-likeness (QED) is 0.865. The van der Waals surface area contributed by atoms with Crippen LogP contribution in [0.5, 0.6) is 0 Å². The molecule has 1 saturated heterocycles. The number of aryl methyl sites for hydroxylation is 2.